The van der Waals surface area contributed by atoms with Crippen molar-refractivity contribution >= 4 is 11.9 Å². The minimum absolute atomic E-state index is 0.131. The number of carboxylic acid groups (broad SMARTS) is 1. The molecule has 6 nitrogen and oxygen atoms in total. The van der Waals surface area contributed by atoms with Gasteiger partial charge in [0.25, 0.3) is 0 Å². The number of hydrogen-bond donors (Lipinski definition) is 2. The van der Waals surface area contributed by atoms with Gasteiger partial charge in [0.15, 0.2) is 0 Å². The third kappa shape index (κ3) is 4.43. The Bertz CT molecular complexity index is 642. The number of carbonyl (C=O) groups is 2. The Hall–Kier alpha value is -1.92. The van der Waals surface area contributed by atoms with Gasteiger partial charge >= 0.3 is 5.97 Å². The zero-order valence-electron chi connectivity index (χ0n) is 15.3. The van der Waals surface area contributed by atoms with Gasteiger partial charge in [-0.2, -0.15) is 0 Å². The fourth-order valence-electron chi connectivity index (χ4n) is 4.17. The van der Waals surface area contributed by atoms with Gasteiger partial charge in [-0.25, -0.2) is 0 Å². The minimum atomic E-state index is -0.925. The summed E-state index contributed by atoms with van der Waals surface area (Å²) in [4.78, 5) is 26.6. The highest BCUT2D eigenvalue weighted by atomic mass is 16.5. The van der Waals surface area contributed by atoms with Crippen molar-refractivity contribution in [1.82, 2.24) is 10.2 Å². The third-order valence-corrected chi connectivity index (χ3v) is 5.53. The molecule has 0 aromatic heterocycles. The number of amides is 1. The molecule has 142 valence electrons. The van der Waals surface area contributed by atoms with Gasteiger partial charge in [-0.15, -0.1) is 0 Å². The molecule has 1 saturated carbocycles. The van der Waals surface area contributed by atoms with E-state index in [0.717, 1.165) is 30.5 Å². The Labute approximate surface area is 154 Å². The molecule has 0 bridgehead atoms. The average molecular weight is 360 g/mol. The molecule has 2 aliphatic rings. The smallest absolute Gasteiger partial charge is 0.305 e. The van der Waals surface area contributed by atoms with Crippen molar-refractivity contribution in [2.45, 2.75) is 57.2 Å². The number of ether oxygens (including phenoxy) is 1. The van der Waals surface area contributed by atoms with Crippen molar-refractivity contribution in [1.29, 1.82) is 0 Å². The second kappa shape index (κ2) is 8.64. The van der Waals surface area contributed by atoms with E-state index < -0.39 is 12.0 Å². The average Bonchev–Trinajstić information content (AvgIpc) is 3.15. The van der Waals surface area contributed by atoms with E-state index in [-0.39, 0.29) is 18.4 Å². The fraction of sp³-hybridized carbons (Fsp3) is 0.600. The fourth-order valence-corrected chi connectivity index (χ4v) is 4.17. The van der Waals surface area contributed by atoms with E-state index in [9.17, 15) is 14.7 Å². The summed E-state index contributed by atoms with van der Waals surface area (Å²) in [6, 6.07) is 7.17. The molecule has 1 amide bonds. The molecule has 3 rings (SSSR count). The molecule has 6 heteroatoms. The van der Waals surface area contributed by atoms with E-state index in [1.807, 2.05) is 31.2 Å². The van der Waals surface area contributed by atoms with Crippen LogP contribution in [0.2, 0.25) is 0 Å². The minimum Gasteiger partial charge on any atom is -0.481 e. The van der Waals surface area contributed by atoms with Gasteiger partial charge in [-0.3, -0.25) is 14.5 Å². The summed E-state index contributed by atoms with van der Waals surface area (Å²) in [5.74, 6) is -1.06. The number of benzene rings is 1. The third-order valence-electron chi connectivity index (χ3n) is 5.53. The number of aliphatic carboxylic acids is 1. The Morgan fingerprint density at radius 2 is 2.04 bits per heavy atom. The van der Waals surface area contributed by atoms with Crippen LogP contribution < -0.4 is 5.32 Å². The number of nitrogens with one attached hydrogen (secondary N) is 1. The van der Waals surface area contributed by atoms with Crippen LogP contribution in [0, 0.1) is 6.92 Å². The van der Waals surface area contributed by atoms with Gasteiger partial charge in [-0.1, -0.05) is 37.1 Å². The lowest BCUT2D eigenvalue weighted by atomic mass is 9.98. The summed E-state index contributed by atoms with van der Waals surface area (Å²) < 4.78 is 5.57. The van der Waals surface area contributed by atoms with E-state index in [1.54, 1.807) is 0 Å². The monoisotopic (exact) mass is 360 g/mol. The van der Waals surface area contributed by atoms with Crippen LogP contribution >= 0.6 is 0 Å². The molecule has 1 aliphatic heterocycles. The van der Waals surface area contributed by atoms with Crippen LogP contribution in [0.4, 0.5) is 0 Å². The second-order valence-electron chi connectivity index (χ2n) is 7.28. The van der Waals surface area contributed by atoms with Crippen LogP contribution in [0.25, 0.3) is 0 Å². The summed E-state index contributed by atoms with van der Waals surface area (Å²) in [6.07, 6.45) is 4.54. The van der Waals surface area contributed by atoms with Gasteiger partial charge < -0.3 is 15.2 Å². The summed E-state index contributed by atoms with van der Waals surface area (Å²) in [6.45, 7) is 3.72. The highest BCUT2D eigenvalue weighted by molar-refractivity contribution is 5.83. The highest BCUT2D eigenvalue weighted by Gasteiger charge is 2.36. The van der Waals surface area contributed by atoms with E-state index in [1.165, 1.54) is 12.8 Å². The first-order valence-corrected chi connectivity index (χ1v) is 9.47. The van der Waals surface area contributed by atoms with Gasteiger partial charge in [-0.05, 0) is 30.9 Å². The number of aryl methyl sites for hydroxylation is 1. The van der Waals surface area contributed by atoms with Crippen LogP contribution in [0.15, 0.2) is 24.3 Å². The number of rotatable bonds is 6. The quantitative estimate of drug-likeness (QED) is 0.814. The lowest BCUT2D eigenvalue weighted by Crippen LogP contribution is -2.57. The number of nitrogens with zero attached hydrogens (tertiary/aromatic N) is 1. The molecule has 2 atom stereocenters. The van der Waals surface area contributed by atoms with Crippen molar-refractivity contribution in [3.8, 4) is 0 Å². The van der Waals surface area contributed by atoms with Crippen LogP contribution in [0.3, 0.4) is 0 Å². The normalized spacial score (nSPS) is 22.9. The molecule has 1 heterocycles. The standard InChI is InChI=1S/C20H28N2O4/c1-14-6-2-5-9-16(14)17(12-19(23)24)21-20(25)18-13-26-11-10-22(18)15-7-3-4-8-15/h2,5-6,9,15,17-18H,3-4,7-8,10-13H2,1H3,(H,21,25)(H,23,24). The van der Waals surface area contributed by atoms with Gasteiger partial charge in [0.05, 0.1) is 25.7 Å². The number of carbonyl (C=O) groups excluding carboxylic acids is 1. The van der Waals surface area contributed by atoms with E-state index in [4.69, 9.17) is 4.74 Å². The number of morpholine rings is 1. The van der Waals surface area contributed by atoms with E-state index in [2.05, 4.69) is 10.2 Å². The highest BCUT2D eigenvalue weighted by Crippen LogP contribution is 2.27. The van der Waals surface area contributed by atoms with E-state index >= 15 is 0 Å². The maximum Gasteiger partial charge on any atom is 0.305 e. The summed E-state index contributed by atoms with van der Waals surface area (Å²) in [5, 5.41) is 12.3. The largest absolute Gasteiger partial charge is 0.481 e. The zero-order chi connectivity index (χ0) is 18.5. The Morgan fingerprint density at radius 1 is 1.31 bits per heavy atom. The summed E-state index contributed by atoms with van der Waals surface area (Å²) in [5.41, 5.74) is 1.83. The molecule has 0 spiro atoms. The lowest BCUT2D eigenvalue weighted by Gasteiger charge is -2.39. The van der Waals surface area contributed by atoms with Crippen molar-refractivity contribution in [2.24, 2.45) is 0 Å². The van der Waals surface area contributed by atoms with Crippen molar-refractivity contribution in [3.05, 3.63) is 35.4 Å². The molecule has 2 N–H and O–H groups in total. The number of hydrogen-bond acceptors (Lipinski definition) is 4. The van der Waals surface area contributed by atoms with Crippen LogP contribution in [0.5, 0.6) is 0 Å². The molecule has 1 aliphatic carbocycles. The SMILES string of the molecule is Cc1ccccc1C(CC(=O)O)NC(=O)C1COCCN1C1CCCC1. The molecule has 0 radical (unpaired) electrons. The molecular weight excluding hydrogens is 332 g/mol. The maximum absolute atomic E-state index is 13.0. The first-order chi connectivity index (χ1) is 12.6. The predicted molar refractivity (Wildman–Crippen MR) is 97.9 cm³/mol. The first kappa shape index (κ1) is 18.9. The van der Waals surface area contributed by atoms with Gasteiger partial charge in [0, 0.05) is 12.6 Å². The molecule has 1 saturated heterocycles. The molecule has 26 heavy (non-hydrogen) atoms. The Balaban J connectivity index is 1.75. The van der Waals surface area contributed by atoms with Crippen molar-refractivity contribution in [3.63, 3.8) is 0 Å². The van der Waals surface area contributed by atoms with Crippen LogP contribution in [-0.4, -0.2) is 53.7 Å². The molecule has 1 aromatic carbocycles. The first-order valence-electron chi connectivity index (χ1n) is 9.47. The topological polar surface area (TPSA) is 78.9 Å². The lowest BCUT2D eigenvalue weighted by molar-refractivity contribution is -0.139. The summed E-state index contributed by atoms with van der Waals surface area (Å²) in [7, 11) is 0. The molecule has 1 aromatic rings. The van der Waals surface area contributed by atoms with Crippen molar-refractivity contribution in [2.75, 3.05) is 19.8 Å². The molecule has 2 unspecified atom stereocenters. The number of carboxylic acids is 1. The molecule has 2 fully saturated rings. The maximum atomic E-state index is 13.0. The van der Waals surface area contributed by atoms with Gasteiger partial charge in [0.2, 0.25) is 5.91 Å². The Morgan fingerprint density at radius 3 is 2.73 bits per heavy atom. The zero-order valence-corrected chi connectivity index (χ0v) is 15.3. The van der Waals surface area contributed by atoms with Crippen LogP contribution in [-0.2, 0) is 14.3 Å². The predicted octanol–water partition coefficient (Wildman–Crippen LogP) is 2.27. The van der Waals surface area contributed by atoms with E-state index in [0.29, 0.717) is 19.3 Å². The molecular formula is C20H28N2O4. The Kier molecular flexibility index (Phi) is 6.27. The van der Waals surface area contributed by atoms with Gasteiger partial charge in [0.1, 0.15) is 6.04 Å². The van der Waals surface area contributed by atoms with Crippen LogP contribution in [0.1, 0.15) is 49.3 Å². The summed E-state index contributed by atoms with van der Waals surface area (Å²) >= 11 is 0. The van der Waals surface area contributed by atoms with Crippen molar-refractivity contribution < 1.29 is 19.4 Å². The second-order valence-corrected chi connectivity index (χ2v) is 7.28.